The van der Waals surface area contributed by atoms with Crippen molar-refractivity contribution >= 4 is 24.0 Å². The first-order valence-electron chi connectivity index (χ1n) is 16.8. The van der Waals surface area contributed by atoms with E-state index in [1.54, 1.807) is 14.2 Å². The summed E-state index contributed by atoms with van der Waals surface area (Å²) in [7, 11) is 5.57. The van der Waals surface area contributed by atoms with Gasteiger partial charge in [0.15, 0.2) is 0 Å². The maximum atomic E-state index is 11.1. The molecule has 260 valence electrons. The van der Waals surface area contributed by atoms with Crippen LogP contribution in [0.25, 0.3) is 33.3 Å². The SMILES string of the molecule is C=O.CCn1c(-c2cccnc2[C@H](C)OC)c(CC(C)(C)COC)c2cc(-c3cccc(C[C@H](N)C=O)c3)ccc21.CN1CCCCN1. The minimum Gasteiger partial charge on any atom is -0.384 e. The van der Waals surface area contributed by atoms with E-state index in [-0.39, 0.29) is 11.5 Å². The Hall–Kier alpha value is -3.73. The fraction of sp³-hybridized carbons (Fsp3) is 0.462. The first-order chi connectivity index (χ1) is 23.1. The van der Waals surface area contributed by atoms with Crippen LogP contribution in [0, 0.1) is 5.41 Å². The number of carbonyl (C=O) groups is 2. The van der Waals surface area contributed by atoms with Gasteiger partial charge in [0.05, 0.1) is 30.1 Å². The van der Waals surface area contributed by atoms with E-state index in [1.807, 2.05) is 38.1 Å². The Kier molecular flexibility index (Phi) is 15.1. The number of aryl methyl sites for hydroxylation is 1. The molecule has 1 saturated heterocycles. The highest BCUT2D eigenvalue weighted by molar-refractivity contribution is 5.95. The van der Waals surface area contributed by atoms with Gasteiger partial charge in [-0.05, 0) is 91.5 Å². The molecule has 2 atom stereocenters. The predicted octanol–water partition coefficient (Wildman–Crippen LogP) is 6.41. The van der Waals surface area contributed by atoms with Crippen LogP contribution < -0.4 is 11.2 Å². The van der Waals surface area contributed by atoms with Crippen molar-refractivity contribution in [1.82, 2.24) is 20.0 Å². The normalized spacial score (nSPS) is 14.8. The lowest BCUT2D eigenvalue weighted by atomic mass is 9.84. The Morgan fingerprint density at radius 1 is 1.08 bits per heavy atom. The second-order valence-corrected chi connectivity index (χ2v) is 13.1. The molecule has 3 N–H and O–H groups in total. The van der Waals surface area contributed by atoms with Crippen molar-refractivity contribution in [2.75, 3.05) is 41.0 Å². The van der Waals surface area contributed by atoms with Gasteiger partial charge in [-0.3, -0.25) is 10.4 Å². The molecular formula is C39H55N5O4. The maximum absolute atomic E-state index is 11.1. The quantitative estimate of drug-likeness (QED) is 0.168. The van der Waals surface area contributed by atoms with Gasteiger partial charge in [0.25, 0.3) is 0 Å². The van der Waals surface area contributed by atoms with Crippen LogP contribution in [0.1, 0.15) is 63.5 Å². The van der Waals surface area contributed by atoms with Crippen LogP contribution in [-0.2, 0) is 38.4 Å². The molecule has 0 saturated carbocycles. The van der Waals surface area contributed by atoms with Crippen molar-refractivity contribution in [3.05, 3.63) is 77.6 Å². The van der Waals surface area contributed by atoms with Crippen LogP contribution in [0.3, 0.4) is 0 Å². The molecule has 3 heterocycles. The number of carbonyl (C=O) groups excluding carboxylic acids is 2. The average molecular weight is 658 g/mol. The standard InChI is InChI=1S/C33H41N3O3.C5H12N2.CH2O/c1-7-36-30-14-13-25(24-11-8-10-23(16-24)17-26(34)20-37)18-28(30)29(19-33(3,4)21-38-5)32(36)27-12-9-15-35-31(27)22(2)39-6;1-7-5-3-2-4-6-7;1-2/h8-16,18,20,22,26H,7,17,19,21,34H2,1-6H3;6H,2-5H2,1H3;1H2/t22-,26-;;/m0../s1. The number of nitrogens with one attached hydrogen (secondary N) is 1. The van der Waals surface area contributed by atoms with Crippen LogP contribution in [0.5, 0.6) is 0 Å². The van der Waals surface area contributed by atoms with Gasteiger partial charge >= 0.3 is 0 Å². The number of hydrazine groups is 1. The molecule has 0 bridgehead atoms. The number of aldehydes is 1. The number of methoxy groups -OCH3 is 2. The number of hydrogen-bond donors (Lipinski definition) is 2. The number of benzene rings is 2. The highest BCUT2D eigenvalue weighted by Gasteiger charge is 2.28. The van der Waals surface area contributed by atoms with Crippen molar-refractivity contribution in [3.63, 3.8) is 0 Å². The van der Waals surface area contributed by atoms with Gasteiger partial charge in [0.2, 0.25) is 0 Å². The molecule has 1 fully saturated rings. The van der Waals surface area contributed by atoms with Gasteiger partial charge in [0.1, 0.15) is 13.1 Å². The molecule has 0 spiro atoms. The van der Waals surface area contributed by atoms with Crippen LogP contribution in [0.2, 0.25) is 0 Å². The topological polar surface area (TPSA) is 112 Å². The van der Waals surface area contributed by atoms with Crippen LogP contribution in [0.15, 0.2) is 60.8 Å². The first-order valence-corrected chi connectivity index (χ1v) is 16.8. The number of hydrogen-bond acceptors (Lipinski definition) is 8. The third kappa shape index (κ3) is 9.90. The summed E-state index contributed by atoms with van der Waals surface area (Å²) in [5.41, 5.74) is 18.0. The number of nitrogens with two attached hydrogens (primary N) is 1. The van der Waals surface area contributed by atoms with Crippen molar-refractivity contribution in [2.45, 2.75) is 72.1 Å². The molecule has 4 aromatic rings. The first kappa shape index (κ1) is 38.7. The van der Waals surface area contributed by atoms with Gasteiger partial charge < -0.3 is 29.4 Å². The molecule has 9 nitrogen and oxygen atoms in total. The number of nitrogens with zero attached hydrogens (tertiary/aromatic N) is 3. The Morgan fingerprint density at radius 2 is 1.83 bits per heavy atom. The van der Waals surface area contributed by atoms with Gasteiger partial charge in [0, 0.05) is 63.6 Å². The molecule has 2 aromatic carbocycles. The largest absolute Gasteiger partial charge is 0.384 e. The number of pyridine rings is 1. The van der Waals surface area contributed by atoms with Crippen molar-refractivity contribution in [1.29, 1.82) is 0 Å². The summed E-state index contributed by atoms with van der Waals surface area (Å²) < 4.78 is 13.8. The van der Waals surface area contributed by atoms with E-state index in [9.17, 15) is 4.79 Å². The van der Waals surface area contributed by atoms with Crippen LogP contribution >= 0.6 is 0 Å². The molecular weight excluding hydrogens is 602 g/mol. The fourth-order valence-electron chi connectivity index (χ4n) is 6.41. The molecule has 1 aliphatic rings. The molecule has 0 aliphatic carbocycles. The highest BCUT2D eigenvalue weighted by Crippen LogP contribution is 2.41. The zero-order chi connectivity index (χ0) is 35.3. The summed E-state index contributed by atoms with van der Waals surface area (Å²) >= 11 is 0. The van der Waals surface area contributed by atoms with E-state index >= 15 is 0 Å². The summed E-state index contributed by atoms with van der Waals surface area (Å²) in [6, 6.07) is 18.7. The summed E-state index contributed by atoms with van der Waals surface area (Å²) in [5.74, 6) is 0. The monoisotopic (exact) mass is 657 g/mol. The lowest BCUT2D eigenvalue weighted by Crippen LogP contribution is -2.39. The Labute approximate surface area is 286 Å². The van der Waals surface area contributed by atoms with E-state index in [4.69, 9.17) is 25.0 Å². The third-order valence-electron chi connectivity index (χ3n) is 8.72. The van der Waals surface area contributed by atoms with Crippen molar-refractivity contribution < 1.29 is 19.1 Å². The number of rotatable bonds is 12. The smallest absolute Gasteiger partial charge is 0.137 e. The Morgan fingerprint density at radius 3 is 2.44 bits per heavy atom. The van der Waals surface area contributed by atoms with Crippen LogP contribution in [0.4, 0.5) is 0 Å². The lowest BCUT2D eigenvalue weighted by molar-refractivity contribution is -0.108. The second kappa shape index (κ2) is 18.7. The van der Waals surface area contributed by atoms with Gasteiger partial charge in [-0.1, -0.05) is 44.2 Å². The maximum Gasteiger partial charge on any atom is 0.137 e. The lowest BCUT2D eigenvalue weighted by Gasteiger charge is -2.25. The average Bonchev–Trinajstić information content (AvgIpc) is 3.40. The summed E-state index contributed by atoms with van der Waals surface area (Å²) in [4.78, 5) is 23.9. The Bertz CT molecular complexity index is 1590. The van der Waals surface area contributed by atoms with E-state index in [0.29, 0.717) is 13.0 Å². The van der Waals surface area contributed by atoms with Gasteiger partial charge in [-0.2, -0.15) is 0 Å². The van der Waals surface area contributed by atoms with E-state index < -0.39 is 6.04 Å². The molecule has 48 heavy (non-hydrogen) atoms. The molecule has 2 aromatic heterocycles. The number of ether oxygens (including phenoxy) is 2. The minimum atomic E-state index is -0.498. The molecule has 9 heteroatoms. The number of aromatic nitrogens is 2. The summed E-state index contributed by atoms with van der Waals surface area (Å²) in [6.07, 6.45) is 6.55. The van der Waals surface area contributed by atoms with E-state index in [0.717, 1.165) is 53.7 Å². The fourth-order valence-corrected chi connectivity index (χ4v) is 6.41. The van der Waals surface area contributed by atoms with Gasteiger partial charge in [-0.25, -0.2) is 5.01 Å². The van der Waals surface area contributed by atoms with Crippen molar-refractivity contribution in [2.24, 2.45) is 11.1 Å². The molecule has 0 radical (unpaired) electrons. The highest BCUT2D eigenvalue weighted by atomic mass is 16.5. The predicted molar refractivity (Wildman–Crippen MR) is 196 cm³/mol. The van der Waals surface area contributed by atoms with Crippen molar-refractivity contribution in [3.8, 4) is 22.4 Å². The van der Waals surface area contributed by atoms with Crippen LogP contribution in [-0.4, -0.2) is 74.6 Å². The summed E-state index contributed by atoms with van der Waals surface area (Å²) in [5, 5.41) is 3.37. The Balaban J connectivity index is 0.000000607. The van der Waals surface area contributed by atoms with E-state index in [2.05, 4.69) is 79.2 Å². The second-order valence-electron chi connectivity index (χ2n) is 13.1. The molecule has 5 rings (SSSR count). The number of fused-ring (bicyclic) bond motifs is 1. The van der Waals surface area contributed by atoms with Gasteiger partial charge in [-0.15, -0.1) is 0 Å². The molecule has 0 amide bonds. The van der Waals surface area contributed by atoms with E-state index in [1.165, 1.54) is 41.5 Å². The third-order valence-corrected chi connectivity index (χ3v) is 8.72. The minimum absolute atomic E-state index is 0.0769. The molecule has 0 unspecified atom stereocenters. The zero-order valence-corrected chi connectivity index (χ0v) is 29.9. The molecule has 1 aliphatic heterocycles. The zero-order valence-electron chi connectivity index (χ0n) is 29.9. The summed E-state index contributed by atoms with van der Waals surface area (Å²) in [6.45, 7) is 14.6.